The molecule has 0 fully saturated rings. The van der Waals surface area contributed by atoms with Crippen LogP contribution in [0.4, 0.5) is 5.69 Å². The molecule has 37 heavy (non-hydrogen) atoms. The fourth-order valence-corrected chi connectivity index (χ4v) is 4.52. The van der Waals surface area contributed by atoms with Gasteiger partial charge in [0.2, 0.25) is 0 Å². The lowest BCUT2D eigenvalue weighted by Crippen LogP contribution is -2.29. The van der Waals surface area contributed by atoms with Crippen LogP contribution in [-0.4, -0.2) is 30.7 Å². The highest BCUT2D eigenvalue weighted by Gasteiger charge is 2.18. The van der Waals surface area contributed by atoms with Gasteiger partial charge in [-0.25, -0.2) is 0 Å². The largest absolute Gasteiger partial charge is 0.497 e. The van der Waals surface area contributed by atoms with Crippen LogP contribution < -0.4 is 25.1 Å². The van der Waals surface area contributed by atoms with E-state index in [9.17, 15) is 9.59 Å². The maximum Gasteiger partial charge on any atom is 0.256 e. The molecule has 0 saturated carbocycles. The summed E-state index contributed by atoms with van der Waals surface area (Å²) in [6.45, 7) is 3.32. The molecule has 1 aliphatic heterocycles. The van der Waals surface area contributed by atoms with Crippen LogP contribution in [0.2, 0.25) is 0 Å². The number of hydrogen-bond acceptors (Lipinski definition) is 6. The van der Waals surface area contributed by atoms with Crippen LogP contribution in [-0.2, 0) is 30.7 Å². The minimum Gasteiger partial charge on any atom is -0.497 e. The van der Waals surface area contributed by atoms with Gasteiger partial charge in [0.15, 0.2) is 17.3 Å². The van der Waals surface area contributed by atoms with Gasteiger partial charge in [-0.1, -0.05) is 31.2 Å². The third-order valence-electron chi connectivity index (χ3n) is 6.57. The smallest absolute Gasteiger partial charge is 0.256 e. The summed E-state index contributed by atoms with van der Waals surface area (Å²) in [4.78, 5) is 26.7. The van der Waals surface area contributed by atoms with Crippen molar-refractivity contribution in [2.24, 2.45) is 0 Å². The van der Waals surface area contributed by atoms with Crippen molar-refractivity contribution in [3.05, 3.63) is 93.8 Å². The number of Topliss-reactive ketones (excluding diaryl/α,β-unsaturated/α-hetero) is 1. The minimum atomic E-state index is -0.204. The predicted octanol–water partition coefficient (Wildman–Crippen LogP) is 4.77. The van der Waals surface area contributed by atoms with Crippen molar-refractivity contribution in [3.8, 4) is 17.2 Å². The Labute approximate surface area is 215 Å². The monoisotopic (exact) mass is 498 g/mol. The topological polar surface area (TPSA) is 78.8 Å². The first-order valence-electron chi connectivity index (χ1n) is 12.5. The van der Waals surface area contributed by atoms with Crippen LogP contribution in [0.25, 0.3) is 10.9 Å². The maximum atomic E-state index is 13.6. The Balaban J connectivity index is 1.47. The number of carbonyl (C=O) groups is 1. The molecular formula is C30H30N2O5. The van der Waals surface area contributed by atoms with Crippen molar-refractivity contribution in [1.29, 1.82) is 0 Å². The zero-order valence-electron chi connectivity index (χ0n) is 21.1. The molecule has 0 unspecified atom stereocenters. The molecule has 5 rings (SSSR count). The molecule has 2 heterocycles. The molecule has 0 spiro atoms. The van der Waals surface area contributed by atoms with Crippen LogP contribution in [0.5, 0.6) is 17.2 Å². The quantitative estimate of drug-likeness (QED) is 0.358. The molecule has 0 saturated heterocycles. The number of anilines is 1. The van der Waals surface area contributed by atoms with Crippen molar-refractivity contribution in [3.63, 3.8) is 0 Å². The van der Waals surface area contributed by atoms with Gasteiger partial charge < -0.3 is 24.1 Å². The van der Waals surface area contributed by atoms with Gasteiger partial charge in [0.05, 0.1) is 19.2 Å². The van der Waals surface area contributed by atoms with Gasteiger partial charge in [-0.2, -0.15) is 0 Å². The fourth-order valence-electron chi connectivity index (χ4n) is 4.52. The molecule has 190 valence electrons. The standard InChI is InChI=1S/C30H30N2O5/c1-3-20-4-8-24(9-5-20)31-18-23-15-22-16-28-29(37-13-12-36-28)17-27(22)32(30(23)34)19-25(33)14-21-6-10-26(35-2)11-7-21/h4-11,15-17,31H,3,12-14,18-19H2,1-2H3. The second kappa shape index (κ2) is 10.8. The molecule has 0 amide bonds. The number of nitrogens with one attached hydrogen (secondary N) is 1. The minimum absolute atomic E-state index is 0.0416. The second-order valence-electron chi connectivity index (χ2n) is 9.08. The Morgan fingerprint density at radius 2 is 1.62 bits per heavy atom. The maximum absolute atomic E-state index is 13.6. The number of aromatic nitrogens is 1. The molecule has 7 heteroatoms. The van der Waals surface area contributed by atoms with E-state index < -0.39 is 0 Å². The average molecular weight is 499 g/mol. The van der Waals surface area contributed by atoms with Crippen molar-refractivity contribution in [2.45, 2.75) is 32.9 Å². The van der Waals surface area contributed by atoms with E-state index in [1.54, 1.807) is 17.7 Å². The Bertz CT molecular complexity index is 1470. The summed E-state index contributed by atoms with van der Waals surface area (Å²) in [5.74, 6) is 1.89. The summed E-state index contributed by atoms with van der Waals surface area (Å²) in [5, 5.41) is 4.16. The van der Waals surface area contributed by atoms with E-state index in [1.165, 1.54) is 5.56 Å². The Kier molecular flexibility index (Phi) is 7.12. The Hall–Kier alpha value is -4.26. The Morgan fingerprint density at radius 1 is 0.946 bits per heavy atom. The number of ether oxygens (including phenoxy) is 3. The number of carbonyl (C=O) groups excluding carboxylic acids is 1. The van der Waals surface area contributed by atoms with Crippen LogP contribution in [0.1, 0.15) is 23.6 Å². The highest BCUT2D eigenvalue weighted by atomic mass is 16.6. The lowest BCUT2D eigenvalue weighted by molar-refractivity contribution is -0.119. The first kappa shape index (κ1) is 24.4. The van der Waals surface area contributed by atoms with E-state index >= 15 is 0 Å². The molecule has 0 atom stereocenters. The SMILES string of the molecule is CCc1ccc(NCc2cc3cc4c(cc3n(CC(=O)Cc3ccc(OC)cc3)c2=O)OCCO4)cc1. The van der Waals surface area contributed by atoms with Crippen LogP contribution >= 0.6 is 0 Å². The number of pyridine rings is 1. The van der Waals surface area contributed by atoms with E-state index in [-0.39, 0.29) is 24.3 Å². The summed E-state index contributed by atoms with van der Waals surface area (Å²) in [7, 11) is 1.60. The first-order valence-corrected chi connectivity index (χ1v) is 12.5. The highest BCUT2D eigenvalue weighted by Crippen LogP contribution is 2.34. The molecule has 1 aliphatic rings. The highest BCUT2D eigenvalue weighted by molar-refractivity contribution is 5.87. The lowest BCUT2D eigenvalue weighted by Gasteiger charge is -2.21. The third-order valence-corrected chi connectivity index (χ3v) is 6.57. The number of hydrogen-bond donors (Lipinski definition) is 1. The van der Waals surface area contributed by atoms with Crippen molar-refractivity contribution in [1.82, 2.24) is 4.57 Å². The molecule has 0 bridgehead atoms. The second-order valence-corrected chi connectivity index (χ2v) is 9.08. The summed E-state index contributed by atoms with van der Waals surface area (Å²) in [6, 6.07) is 21.1. The van der Waals surface area contributed by atoms with Gasteiger partial charge >= 0.3 is 0 Å². The molecule has 4 aromatic rings. The fraction of sp³-hybridized carbons (Fsp3) is 0.267. The van der Waals surface area contributed by atoms with Gasteiger partial charge in [0, 0.05) is 35.7 Å². The summed E-state index contributed by atoms with van der Waals surface area (Å²) in [6.07, 6.45) is 1.19. The molecular weight excluding hydrogens is 468 g/mol. The van der Waals surface area contributed by atoms with E-state index in [0.717, 1.165) is 28.8 Å². The number of rotatable bonds is 9. The number of nitrogens with zero attached hydrogens (tertiary/aromatic N) is 1. The average Bonchev–Trinajstić information content (AvgIpc) is 2.93. The zero-order chi connectivity index (χ0) is 25.8. The zero-order valence-corrected chi connectivity index (χ0v) is 21.1. The number of fused-ring (bicyclic) bond motifs is 2. The van der Waals surface area contributed by atoms with Crippen molar-refractivity contribution in [2.75, 3.05) is 25.6 Å². The molecule has 7 nitrogen and oxygen atoms in total. The number of methoxy groups -OCH3 is 1. The predicted molar refractivity (Wildman–Crippen MR) is 144 cm³/mol. The van der Waals surface area contributed by atoms with E-state index in [1.807, 2.05) is 48.5 Å². The molecule has 3 aromatic carbocycles. The van der Waals surface area contributed by atoms with Crippen LogP contribution in [0.3, 0.4) is 0 Å². The van der Waals surface area contributed by atoms with E-state index in [2.05, 4.69) is 24.4 Å². The molecule has 0 radical (unpaired) electrons. The number of aryl methyl sites for hydroxylation is 1. The van der Waals surface area contributed by atoms with E-state index in [0.29, 0.717) is 42.3 Å². The van der Waals surface area contributed by atoms with Gasteiger partial charge in [0.1, 0.15) is 19.0 Å². The van der Waals surface area contributed by atoms with Gasteiger partial charge in [0.25, 0.3) is 5.56 Å². The van der Waals surface area contributed by atoms with Gasteiger partial charge in [-0.15, -0.1) is 0 Å². The summed E-state index contributed by atoms with van der Waals surface area (Å²) >= 11 is 0. The van der Waals surface area contributed by atoms with Crippen LogP contribution in [0.15, 0.2) is 71.5 Å². The summed E-state index contributed by atoms with van der Waals surface area (Å²) < 4.78 is 18.3. The molecule has 0 aliphatic carbocycles. The van der Waals surface area contributed by atoms with Crippen molar-refractivity contribution >= 4 is 22.4 Å². The Morgan fingerprint density at radius 3 is 2.30 bits per heavy atom. The number of benzene rings is 3. The van der Waals surface area contributed by atoms with Crippen molar-refractivity contribution < 1.29 is 19.0 Å². The number of ketones is 1. The normalized spacial score (nSPS) is 12.4. The van der Waals surface area contributed by atoms with Gasteiger partial charge in [-0.3, -0.25) is 9.59 Å². The van der Waals surface area contributed by atoms with Gasteiger partial charge in [-0.05, 0) is 53.9 Å². The summed E-state index contributed by atoms with van der Waals surface area (Å²) in [5.41, 5.74) is 4.06. The lowest BCUT2D eigenvalue weighted by atomic mass is 10.1. The first-order chi connectivity index (χ1) is 18.0. The molecule has 1 N–H and O–H groups in total. The molecule has 1 aromatic heterocycles. The van der Waals surface area contributed by atoms with Crippen LogP contribution in [0, 0.1) is 0 Å². The third kappa shape index (κ3) is 5.45. The van der Waals surface area contributed by atoms with E-state index in [4.69, 9.17) is 14.2 Å².